The van der Waals surface area contributed by atoms with E-state index >= 15 is 0 Å². The van der Waals surface area contributed by atoms with Crippen molar-refractivity contribution >= 4 is 14.3 Å². The fourth-order valence-corrected chi connectivity index (χ4v) is 6.16. The molecular formula is C30H54N2O3Si. The molecule has 0 bridgehead atoms. The van der Waals surface area contributed by atoms with Gasteiger partial charge in [0.2, 0.25) is 0 Å². The second-order valence-electron chi connectivity index (χ2n) is 13.3. The molecule has 0 amide bonds. The van der Waals surface area contributed by atoms with Crippen LogP contribution in [-0.4, -0.2) is 49.5 Å². The third kappa shape index (κ3) is 8.40. The number of hydrogen-bond acceptors (Lipinski definition) is 5. The minimum Gasteiger partial charge on any atom is -0.459 e. The zero-order chi connectivity index (χ0) is 27.3. The van der Waals surface area contributed by atoms with Crippen LogP contribution in [0, 0.1) is 11.8 Å². The van der Waals surface area contributed by atoms with Gasteiger partial charge in [-0.05, 0) is 63.2 Å². The number of nitrogens with two attached hydrogens (primary N) is 1. The van der Waals surface area contributed by atoms with E-state index in [-0.39, 0.29) is 35.1 Å². The van der Waals surface area contributed by atoms with Crippen LogP contribution in [0.1, 0.15) is 86.6 Å². The lowest BCUT2D eigenvalue weighted by Crippen LogP contribution is -2.52. The molecule has 1 aliphatic rings. The Morgan fingerprint density at radius 2 is 1.67 bits per heavy atom. The second-order valence-corrected chi connectivity index (χ2v) is 18.2. The number of nitrogens with zero attached hydrogens (tertiary/aromatic N) is 1. The minimum atomic E-state index is -1.94. The number of hydrogen-bond donors (Lipinski definition) is 1. The van der Waals surface area contributed by atoms with E-state index in [1.165, 1.54) is 5.56 Å². The lowest BCUT2D eigenvalue weighted by atomic mass is 9.86. The van der Waals surface area contributed by atoms with Crippen LogP contribution >= 0.6 is 0 Å². The van der Waals surface area contributed by atoms with E-state index in [2.05, 4.69) is 76.9 Å². The van der Waals surface area contributed by atoms with Gasteiger partial charge in [0.05, 0.1) is 0 Å². The maximum Gasteiger partial charge on any atom is 0.323 e. The molecule has 1 aromatic carbocycles. The van der Waals surface area contributed by atoms with Crippen molar-refractivity contribution in [3.63, 3.8) is 0 Å². The van der Waals surface area contributed by atoms with Crippen molar-refractivity contribution in [3.8, 4) is 0 Å². The topological polar surface area (TPSA) is 64.8 Å². The number of ether oxygens (including phenoxy) is 1. The third-order valence-electron chi connectivity index (χ3n) is 8.34. The molecule has 1 fully saturated rings. The van der Waals surface area contributed by atoms with Crippen LogP contribution < -0.4 is 5.73 Å². The minimum absolute atomic E-state index is 0.0286. The molecule has 6 heteroatoms. The van der Waals surface area contributed by atoms with Crippen LogP contribution in [-0.2, 0) is 20.5 Å². The maximum absolute atomic E-state index is 13.5. The van der Waals surface area contributed by atoms with Crippen molar-refractivity contribution in [2.45, 2.75) is 129 Å². The number of benzene rings is 1. The van der Waals surface area contributed by atoms with Gasteiger partial charge in [0.15, 0.2) is 8.32 Å². The smallest absolute Gasteiger partial charge is 0.323 e. The Morgan fingerprint density at radius 1 is 1.08 bits per heavy atom. The molecule has 0 spiro atoms. The van der Waals surface area contributed by atoms with Crippen LogP contribution in [0.5, 0.6) is 0 Å². The molecule has 5 nitrogen and oxygen atoms in total. The molecule has 1 heterocycles. The molecule has 0 radical (unpaired) electrons. The van der Waals surface area contributed by atoms with Gasteiger partial charge in [-0.1, -0.05) is 77.8 Å². The van der Waals surface area contributed by atoms with Crippen LogP contribution in [0.25, 0.3) is 0 Å². The van der Waals surface area contributed by atoms with Crippen molar-refractivity contribution in [1.82, 2.24) is 4.90 Å². The molecule has 2 N–H and O–H groups in total. The molecular weight excluding hydrogens is 464 g/mol. The van der Waals surface area contributed by atoms with E-state index < -0.39 is 13.9 Å². The van der Waals surface area contributed by atoms with Gasteiger partial charge < -0.3 is 14.9 Å². The van der Waals surface area contributed by atoms with E-state index in [1.807, 2.05) is 26.8 Å². The van der Waals surface area contributed by atoms with Crippen molar-refractivity contribution in [2.75, 3.05) is 6.61 Å². The Kier molecular flexibility index (Phi) is 10.8. The summed E-state index contributed by atoms with van der Waals surface area (Å²) in [6, 6.07) is 10.1. The molecule has 36 heavy (non-hydrogen) atoms. The molecule has 0 saturated carbocycles. The third-order valence-corrected chi connectivity index (χ3v) is 12.8. The van der Waals surface area contributed by atoms with E-state index in [4.69, 9.17) is 14.9 Å². The monoisotopic (exact) mass is 518 g/mol. The molecule has 1 saturated heterocycles. The first-order valence-corrected chi connectivity index (χ1v) is 16.9. The van der Waals surface area contributed by atoms with E-state index in [9.17, 15) is 4.79 Å². The van der Waals surface area contributed by atoms with Gasteiger partial charge in [0, 0.05) is 31.2 Å². The normalized spacial score (nSPS) is 22.7. The van der Waals surface area contributed by atoms with E-state index in [0.717, 1.165) is 25.7 Å². The second kappa shape index (κ2) is 12.6. The molecule has 206 valence electrons. The summed E-state index contributed by atoms with van der Waals surface area (Å²) in [4.78, 5) is 15.9. The Bertz CT molecular complexity index is 812. The van der Waals surface area contributed by atoms with Crippen LogP contribution in [0.2, 0.25) is 18.1 Å². The number of carbonyl (C=O) groups excluding carboxylic acids is 1. The van der Waals surface area contributed by atoms with Crippen LogP contribution in [0.3, 0.4) is 0 Å². The van der Waals surface area contributed by atoms with Crippen molar-refractivity contribution in [2.24, 2.45) is 17.6 Å². The van der Waals surface area contributed by atoms with Crippen LogP contribution in [0.15, 0.2) is 30.3 Å². The van der Waals surface area contributed by atoms with Gasteiger partial charge in [-0.3, -0.25) is 9.69 Å². The summed E-state index contributed by atoms with van der Waals surface area (Å²) in [5, 5.41) is 0.132. The predicted molar refractivity (Wildman–Crippen MR) is 153 cm³/mol. The van der Waals surface area contributed by atoms with Crippen molar-refractivity contribution in [1.29, 1.82) is 0 Å². The first-order valence-electron chi connectivity index (χ1n) is 14.0. The number of rotatable bonds is 11. The average molecular weight is 519 g/mol. The fraction of sp³-hybridized carbons (Fsp3) is 0.767. The van der Waals surface area contributed by atoms with Gasteiger partial charge in [-0.2, -0.15) is 0 Å². The Labute approximate surface area is 222 Å². The van der Waals surface area contributed by atoms with Crippen LogP contribution in [0.4, 0.5) is 0 Å². The summed E-state index contributed by atoms with van der Waals surface area (Å²) in [7, 11) is -1.94. The molecule has 1 aromatic rings. The number of carbonyl (C=O) groups is 1. The Morgan fingerprint density at radius 3 is 2.17 bits per heavy atom. The Balaban J connectivity index is 2.44. The molecule has 1 aliphatic heterocycles. The molecule has 0 aliphatic carbocycles. The Hall–Kier alpha value is -1.21. The predicted octanol–water partition coefficient (Wildman–Crippen LogP) is 6.76. The number of esters is 1. The lowest BCUT2D eigenvalue weighted by molar-refractivity contribution is -0.161. The standard InChI is InChI=1S/C30H54N2O3Si/c1-11-22(12-2)18-25(31)27-24(21-34-36(9,10)30(6,7)8)19-26(28(33)35-29(3,4)5)32(27)20-23-16-14-13-15-17-23/h13-17,22,24-27H,11-12,18-21,31H2,1-10H3/t24-,25-,26?,27+/m0/s1. The maximum atomic E-state index is 13.5. The highest BCUT2D eigenvalue weighted by Crippen LogP contribution is 2.40. The summed E-state index contributed by atoms with van der Waals surface area (Å²) in [5.74, 6) is 0.624. The lowest BCUT2D eigenvalue weighted by Gasteiger charge is -2.39. The summed E-state index contributed by atoms with van der Waals surface area (Å²) in [6.45, 7) is 23.1. The van der Waals surface area contributed by atoms with Crippen molar-refractivity contribution < 1.29 is 14.0 Å². The highest BCUT2D eigenvalue weighted by atomic mass is 28.4. The SMILES string of the molecule is CCC(CC)C[C@H](N)[C@H]1[C@H](CO[Si](C)(C)C(C)(C)C)CC(C(=O)OC(C)(C)C)N1Cc1ccccc1. The molecule has 1 unspecified atom stereocenters. The zero-order valence-electron chi connectivity index (χ0n) is 24.8. The first-order chi connectivity index (χ1) is 16.6. The van der Waals surface area contributed by atoms with E-state index in [1.54, 1.807) is 0 Å². The summed E-state index contributed by atoms with van der Waals surface area (Å²) >= 11 is 0. The summed E-state index contributed by atoms with van der Waals surface area (Å²) < 4.78 is 12.7. The van der Waals surface area contributed by atoms with E-state index in [0.29, 0.717) is 19.1 Å². The molecule has 0 aromatic heterocycles. The number of likely N-dealkylation sites (tertiary alicyclic amines) is 1. The first kappa shape index (κ1) is 31.0. The fourth-order valence-electron chi connectivity index (χ4n) is 5.09. The summed E-state index contributed by atoms with van der Waals surface area (Å²) in [5.41, 5.74) is 7.70. The molecule has 2 rings (SSSR count). The van der Waals surface area contributed by atoms with Gasteiger partial charge in [0.25, 0.3) is 0 Å². The largest absolute Gasteiger partial charge is 0.459 e. The van der Waals surface area contributed by atoms with Gasteiger partial charge >= 0.3 is 5.97 Å². The molecule has 4 atom stereocenters. The van der Waals surface area contributed by atoms with Gasteiger partial charge in [-0.25, -0.2) is 0 Å². The van der Waals surface area contributed by atoms with Crippen molar-refractivity contribution in [3.05, 3.63) is 35.9 Å². The van der Waals surface area contributed by atoms with Gasteiger partial charge in [-0.15, -0.1) is 0 Å². The average Bonchev–Trinajstić information content (AvgIpc) is 3.13. The zero-order valence-corrected chi connectivity index (χ0v) is 25.8. The highest BCUT2D eigenvalue weighted by molar-refractivity contribution is 6.74. The quantitative estimate of drug-likeness (QED) is 0.259. The van der Waals surface area contributed by atoms with Gasteiger partial charge in [0.1, 0.15) is 11.6 Å². The highest BCUT2D eigenvalue weighted by Gasteiger charge is 2.49. The summed E-state index contributed by atoms with van der Waals surface area (Å²) in [6.07, 6.45) is 3.92.